The predicted octanol–water partition coefficient (Wildman–Crippen LogP) is 3.34. The molecule has 0 heterocycles. The smallest absolute Gasteiger partial charge is 0.124 e. The van der Waals surface area contributed by atoms with Gasteiger partial charge in [0.1, 0.15) is 5.75 Å². The maximum Gasteiger partial charge on any atom is 0.124 e. The second-order valence-corrected chi connectivity index (χ2v) is 7.65. The lowest BCUT2D eigenvalue weighted by Crippen LogP contribution is -2.21. The molecule has 3 heteroatoms. The van der Waals surface area contributed by atoms with Crippen molar-refractivity contribution in [3.63, 3.8) is 0 Å². The zero-order valence-corrected chi connectivity index (χ0v) is 13.7. The molecule has 0 saturated carbocycles. The van der Waals surface area contributed by atoms with Crippen molar-refractivity contribution in [3.05, 3.63) is 28.8 Å². The molecule has 0 radical (unpaired) electrons. The molecule has 0 aliphatic rings. The van der Waals surface area contributed by atoms with Crippen LogP contribution in [0.1, 0.15) is 70.7 Å². The summed E-state index contributed by atoms with van der Waals surface area (Å²) in [6, 6.07) is 3.92. The molecule has 1 aromatic carbocycles. The van der Waals surface area contributed by atoms with E-state index in [0.717, 1.165) is 11.1 Å². The van der Waals surface area contributed by atoms with Gasteiger partial charge in [-0.15, -0.1) is 0 Å². The summed E-state index contributed by atoms with van der Waals surface area (Å²) in [5.74, 6) is 0.325. The number of phenolic OH excluding ortho intramolecular Hbond substituents is 1. The lowest BCUT2D eigenvalue weighted by Gasteiger charge is -2.28. The molecule has 0 bridgehead atoms. The quantitative estimate of drug-likeness (QED) is 0.794. The number of phenols is 1. The maximum absolute atomic E-state index is 10.6. The highest BCUT2D eigenvalue weighted by molar-refractivity contribution is 5.49. The first kappa shape index (κ1) is 17.0. The van der Waals surface area contributed by atoms with E-state index in [2.05, 4.69) is 47.6 Å². The molecular formula is C17H30N2O. The van der Waals surface area contributed by atoms with Gasteiger partial charge in [-0.2, -0.15) is 0 Å². The van der Waals surface area contributed by atoms with Crippen LogP contribution in [0.2, 0.25) is 0 Å². The van der Waals surface area contributed by atoms with Crippen molar-refractivity contribution < 1.29 is 5.11 Å². The molecule has 20 heavy (non-hydrogen) atoms. The van der Waals surface area contributed by atoms with Gasteiger partial charge in [-0.25, -0.2) is 0 Å². The van der Waals surface area contributed by atoms with Crippen LogP contribution in [0.15, 0.2) is 12.1 Å². The van der Waals surface area contributed by atoms with Gasteiger partial charge in [-0.1, -0.05) is 47.6 Å². The standard InChI is InChI=1S/C17H30N2O/c1-16(2,3)11-9-12(14(19)7-8-18)15(20)13(10-11)17(4,5)6/h9-10,14,20H,7-8,18-19H2,1-6H3/t14-/m1/s1. The van der Waals surface area contributed by atoms with Crippen molar-refractivity contribution in [1.29, 1.82) is 0 Å². The van der Waals surface area contributed by atoms with Gasteiger partial charge in [-0.3, -0.25) is 0 Å². The molecule has 1 atom stereocenters. The molecule has 0 aliphatic carbocycles. The zero-order valence-electron chi connectivity index (χ0n) is 13.7. The fourth-order valence-electron chi connectivity index (χ4n) is 2.28. The highest BCUT2D eigenvalue weighted by Gasteiger charge is 2.26. The van der Waals surface area contributed by atoms with E-state index in [1.54, 1.807) is 0 Å². The van der Waals surface area contributed by atoms with Gasteiger partial charge in [0.25, 0.3) is 0 Å². The number of nitrogens with two attached hydrogens (primary N) is 2. The highest BCUT2D eigenvalue weighted by Crippen LogP contribution is 2.39. The Kier molecular flexibility index (Phi) is 4.88. The molecule has 0 spiro atoms. The third-order valence-electron chi connectivity index (χ3n) is 3.69. The maximum atomic E-state index is 10.6. The van der Waals surface area contributed by atoms with E-state index in [-0.39, 0.29) is 16.9 Å². The van der Waals surface area contributed by atoms with E-state index < -0.39 is 0 Å². The molecule has 5 N–H and O–H groups in total. The van der Waals surface area contributed by atoms with Crippen LogP contribution in [-0.4, -0.2) is 11.7 Å². The summed E-state index contributed by atoms with van der Waals surface area (Å²) in [5.41, 5.74) is 14.7. The summed E-state index contributed by atoms with van der Waals surface area (Å²) in [6.07, 6.45) is 0.671. The predicted molar refractivity (Wildman–Crippen MR) is 86.1 cm³/mol. The fraction of sp³-hybridized carbons (Fsp3) is 0.647. The Morgan fingerprint density at radius 1 is 1.05 bits per heavy atom. The summed E-state index contributed by atoms with van der Waals surface area (Å²) in [7, 11) is 0. The van der Waals surface area contributed by atoms with E-state index in [1.807, 2.05) is 6.07 Å². The zero-order chi connectivity index (χ0) is 15.7. The summed E-state index contributed by atoms with van der Waals surface area (Å²) >= 11 is 0. The Hall–Kier alpha value is -1.06. The van der Waals surface area contributed by atoms with Crippen molar-refractivity contribution in [1.82, 2.24) is 0 Å². The molecule has 1 aromatic rings. The van der Waals surface area contributed by atoms with Gasteiger partial charge in [0.15, 0.2) is 0 Å². The first-order chi connectivity index (χ1) is 8.98. The fourth-order valence-corrected chi connectivity index (χ4v) is 2.28. The molecule has 3 nitrogen and oxygen atoms in total. The Morgan fingerprint density at radius 3 is 2.00 bits per heavy atom. The van der Waals surface area contributed by atoms with Crippen LogP contribution in [0.5, 0.6) is 5.75 Å². The largest absolute Gasteiger partial charge is 0.507 e. The highest BCUT2D eigenvalue weighted by atomic mass is 16.3. The number of rotatable bonds is 3. The van der Waals surface area contributed by atoms with Gasteiger partial charge in [0.2, 0.25) is 0 Å². The monoisotopic (exact) mass is 278 g/mol. The second kappa shape index (κ2) is 5.74. The lowest BCUT2D eigenvalue weighted by molar-refractivity contribution is 0.430. The Balaban J connectivity index is 3.51. The van der Waals surface area contributed by atoms with Gasteiger partial charge in [-0.05, 0) is 41.0 Å². The second-order valence-electron chi connectivity index (χ2n) is 7.65. The molecule has 0 unspecified atom stereocenters. The van der Waals surface area contributed by atoms with Gasteiger partial charge < -0.3 is 16.6 Å². The molecule has 0 saturated heterocycles. The number of benzene rings is 1. The van der Waals surface area contributed by atoms with E-state index in [0.29, 0.717) is 18.7 Å². The topological polar surface area (TPSA) is 72.3 Å². The average molecular weight is 278 g/mol. The Bertz CT molecular complexity index is 467. The normalized spacial score (nSPS) is 14.4. The first-order valence-corrected chi connectivity index (χ1v) is 7.32. The minimum atomic E-state index is -0.219. The third-order valence-corrected chi connectivity index (χ3v) is 3.69. The summed E-state index contributed by atoms with van der Waals surface area (Å²) < 4.78 is 0. The lowest BCUT2D eigenvalue weighted by atomic mass is 9.78. The van der Waals surface area contributed by atoms with Crippen LogP contribution >= 0.6 is 0 Å². The van der Waals surface area contributed by atoms with Gasteiger partial charge in [0.05, 0.1) is 0 Å². The SMILES string of the molecule is CC(C)(C)c1cc([C@H](N)CCN)c(O)c(C(C)(C)C)c1. The van der Waals surface area contributed by atoms with Crippen LogP contribution < -0.4 is 11.5 Å². The van der Waals surface area contributed by atoms with E-state index in [4.69, 9.17) is 11.5 Å². The molecule has 0 aliphatic heterocycles. The van der Waals surface area contributed by atoms with Crippen LogP contribution in [0.25, 0.3) is 0 Å². The van der Waals surface area contributed by atoms with E-state index >= 15 is 0 Å². The summed E-state index contributed by atoms with van der Waals surface area (Å²) in [5, 5.41) is 10.6. The van der Waals surface area contributed by atoms with Gasteiger partial charge in [0, 0.05) is 11.6 Å². The number of hydrogen-bond donors (Lipinski definition) is 3. The van der Waals surface area contributed by atoms with E-state index in [9.17, 15) is 5.11 Å². The molecule has 0 fully saturated rings. The van der Waals surface area contributed by atoms with Crippen LogP contribution in [0.3, 0.4) is 0 Å². The van der Waals surface area contributed by atoms with Crippen LogP contribution in [0, 0.1) is 0 Å². The van der Waals surface area contributed by atoms with Crippen molar-refractivity contribution in [3.8, 4) is 5.75 Å². The summed E-state index contributed by atoms with van der Waals surface area (Å²) in [6.45, 7) is 13.3. The molecule has 0 amide bonds. The van der Waals surface area contributed by atoms with Crippen molar-refractivity contribution in [2.45, 2.75) is 64.8 Å². The molecular weight excluding hydrogens is 248 g/mol. The van der Waals surface area contributed by atoms with Crippen molar-refractivity contribution in [2.24, 2.45) is 11.5 Å². The minimum Gasteiger partial charge on any atom is -0.507 e. The molecule has 0 aromatic heterocycles. The van der Waals surface area contributed by atoms with Crippen molar-refractivity contribution >= 4 is 0 Å². The van der Waals surface area contributed by atoms with Crippen molar-refractivity contribution in [2.75, 3.05) is 6.54 Å². The number of aromatic hydroxyl groups is 1. The average Bonchev–Trinajstić information content (AvgIpc) is 2.26. The number of hydrogen-bond acceptors (Lipinski definition) is 3. The van der Waals surface area contributed by atoms with Gasteiger partial charge >= 0.3 is 0 Å². The Labute approximate surface area is 123 Å². The minimum absolute atomic E-state index is 0.0187. The molecule has 1 rings (SSSR count). The van der Waals surface area contributed by atoms with E-state index in [1.165, 1.54) is 5.56 Å². The first-order valence-electron chi connectivity index (χ1n) is 7.32. The Morgan fingerprint density at radius 2 is 1.60 bits per heavy atom. The van der Waals surface area contributed by atoms with Crippen LogP contribution in [-0.2, 0) is 10.8 Å². The van der Waals surface area contributed by atoms with Crippen LogP contribution in [0.4, 0.5) is 0 Å². The molecule has 114 valence electrons. The summed E-state index contributed by atoms with van der Waals surface area (Å²) in [4.78, 5) is 0. The third kappa shape index (κ3) is 3.74.